The van der Waals surface area contributed by atoms with Gasteiger partial charge in [0.1, 0.15) is 17.8 Å². The van der Waals surface area contributed by atoms with Crippen molar-refractivity contribution in [3.8, 4) is 0 Å². The van der Waals surface area contributed by atoms with Crippen molar-refractivity contribution in [2.45, 2.75) is 155 Å². The van der Waals surface area contributed by atoms with Crippen LogP contribution in [-0.2, 0) is 19.3 Å². The monoisotopic (exact) mass is 739 g/mol. The molecule has 0 bridgehead atoms. The van der Waals surface area contributed by atoms with Gasteiger partial charge >= 0.3 is 0 Å². The standard InChI is InChI=1S/C32H59F2N7O6S2/c1-19-17-26(39-38-19)35-29-28(47-5)30(40-14-11-20(12-15-40)13-16-46-4)37-31(36-29)48-25-10-9-21(18-23(25)33)49(44,45)32(2,3)22-7-6-8-24(27(22)34)41(42)43/h19-31,35-39H,6-18H2,1-5H3. The van der Waals surface area contributed by atoms with Gasteiger partial charge in [0.15, 0.2) is 16.0 Å². The predicted octanol–water partition coefficient (Wildman–Crippen LogP) is 2.65. The number of piperidine rings is 1. The maximum Gasteiger partial charge on any atom is 0.244 e. The van der Waals surface area contributed by atoms with E-state index in [1.807, 2.05) is 0 Å². The third-order valence-electron chi connectivity index (χ3n) is 11.9. The molecule has 13 nitrogen and oxygen atoms in total. The van der Waals surface area contributed by atoms with Crippen molar-refractivity contribution < 1.29 is 31.6 Å². The van der Waals surface area contributed by atoms with Crippen molar-refractivity contribution in [1.82, 2.24) is 31.7 Å². The van der Waals surface area contributed by atoms with E-state index in [-0.39, 0.29) is 55.8 Å². The van der Waals surface area contributed by atoms with Crippen molar-refractivity contribution in [2.75, 3.05) is 33.9 Å². The number of nitro groups is 1. The zero-order valence-corrected chi connectivity index (χ0v) is 31.2. The lowest BCUT2D eigenvalue weighted by molar-refractivity contribution is -0.536. The second-order valence-electron chi connectivity index (χ2n) is 15.4. The van der Waals surface area contributed by atoms with Crippen LogP contribution >= 0.6 is 11.8 Å². The number of nitrogens with zero attached hydrogens (tertiary/aromatic N) is 2. The van der Waals surface area contributed by atoms with Crippen molar-refractivity contribution in [3.63, 3.8) is 0 Å². The van der Waals surface area contributed by atoms with Crippen molar-refractivity contribution in [1.29, 1.82) is 0 Å². The van der Waals surface area contributed by atoms with Crippen LogP contribution in [0.4, 0.5) is 8.78 Å². The summed E-state index contributed by atoms with van der Waals surface area (Å²) >= 11 is 1.45. The normalized spacial score (nSPS) is 40.4. The van der Waals surface area contributed by atoms with Gasteiger partial charge in [0, 0.05) is 49.4 Å². The van der Waals surface area contributed by atoms with Crippen LogP contribution in [0.15, 0.2) is 0 Å². The fraction of sp³-hybridized carbons (Fsp3) is 1.00. The predicted molar refractivity (Wildman–Crippen MR) is 186 cm³/mol. The van der Waals surface area contributed by atoms with E-state index in [2.05, 4.69) is 38.6 Å². The molecule has 12 atom stereocenters. The maximum absolute atomic E-state index is 16.1. The molecule has 5 fully saturated rings. The molecule has 0 aromatic rings. The van der Waals surface area contributed by atoms with E-state index >= 15 is 8.78 Å². The number of hydrogen-bond donors (Lipinski definition) is 5. The molecule has 3 aliphatic heterocycles. The summed E-state index contributed by atoms with van der Waals surface area (Å²) in [4.78, 5) is 13.3. The summed E-state index contributed by atoms with van der Waals surface area (Å²) in [5.74, 6) is -0.393. The lowest BCUT2D eigenvalue weighted by Gasteiger charge is -2.50. The van der Waals surface area contributed by atoms with Gasteiger partial charge < -0.3 is 9.47 Å². The van der Waals surface area contributed by atoms with Gasteiger partial charge in [0.2, 0.25) is 6.04 Å². The summed E-state index contributed by atoms with van der Waals surface area (Å²) in [5, 5.41) is 21.1. The van der Waals surface area contributed by atoms with Crippen LogP contribution in [0.3, 0.4) is 0 Å². The summed E-state index contributed by atoms with van der Waals surface area (Å²) in [5.41, 5.74) is 6.23. The largest absolute Gasteiger partial charge is 0.385 e. The second kappa shape index (κ2) is 16.9. The molecule has 5 aliphatic rings. The second-order valence-corrected chi connectivity index (χ2v) is 19.5. The third kappa shape index (κ3) is 8.90. The molecular formula is C32H59F2N7O6S2. The zero-order valence-electron chi connectivity index (χ0n) is 29.6. The molecule has 49 heavy (non-hydrogen) atoms. The minimum atomic E-state index is -4.00. The lowest BCUT2D eigenvalue weighted by Crippen LogP contribution is -2.75. The van der Waals surface area contributed by atoms with Gasteiger partial charge in [-0.3, -0.25) is 36.4 Å². The first kappa shape index (κ1) is 39.4. The summed E-state index contributed by atoms with van der Waals surface area (Å²) in [6, 6.07) is -1.10. The fourth-order valence-electron chi connectivity index (χ4n) is 8.77. The Labute approximate surface area is 294 Å². The molecule has 0 radical (unpaired) electrons. The van der Waals surface area contributed by atoms with Crippen LogP contribution in [0.1, 0.15) is 85.0 Å². The minimum Gasteiger partial charge on any atom is -0.385 e. The van der Waals surface area contributed by atoms with Gasteiger partial charge in [-0.05, 0) is 97.6 Å². The Balaban J connectivity index is 1.25. The average Bonchev–Trinajstić information content (AvgIpc) is 3.48. The number of sulfone groups is 1. The van der Waals surface area contributed by atoms with E-state index in [0.717, 1.165) is 45.4 Å². The van der Waals surface area contributed by atoms with Crippen LogP contribution in [0.5, 0.6) is 0 Å². The van der Waals surface area contributed by atoms with Gasteiger partial charge in [0.25, 0.3) is 0 Å². The highest BCUT2D eigenvalue weighted by Crippen LogP contribution is 2.45. The van der Waals surface area contributed by atoms with E-state index in [1.54, 1.807) is 14.2 Å². The summed E-state index contributed by atoms with van der Waals surface area (Å²) < 4.78 is 69.3. The van der Waals surface area contributed by atoms with Crippen LogP contribution in [0.25, 0.3) is 0 Å². The Morgan fingerprint density at radius 1 is 1.04 bits per heavy atom. The fourth-order valence-corrected chi connectivity index (χ4v) is 12.5. The van der Waals surface area contributed by atoms with E-state index < -0.39 is 54.3 Å². The molecular weight excluding hydrogens is 681 g/mol. The Morgan fingerprint density at radius 3 is 2.39 bits per heavy atom. The van der Waals surface area contributed by atoms with E-state index in [1.165, 1.54) is 25.6 Å². The molecule has 5 rings (SSSR count). The van der Waals surface area contributed by atoms with Crippen molar-refractivity contribution in [3.05, 3.63) is 10.1 Å². The molecule has 0 aromatic carbocycles. The smallest absolute Gasteiger partial charge is 0.244 e. The number of methoxy groups -OCH3 is 2. The molecule has 0 amide bonds. The number of nitrogens with one attached hydrogen (secondary N) is 5. The molecule has 5 N–H and O–H groups in total. The Bertz CT molecular complexity index is 1200. The summed E-state index contributed by atoms with van der Waals surface area (Å²) in [7, 11) is -0.549. The molecule has 3 heterocycles. The first-order chi connectivity index (χ1) is 23.3. The lowest BCUT2D eigenvalue weighted by atomic mass is 9.77. The summed E-state index contributed by atoms with van der Waals surface area (Å²) in [6.45, 7) is 7.63. The van der Waals surface area contributed by atoms with Crippen LogP contribution in [-0.4, -0.2) is 122 Å². The van der Waals surface area contributed by atoms with E-state index in [4.69, 9.17) is 9.47 Å². The van der Waals surface area contributed by atoms with Gasteiger partial charge in [0.05, 0.1) is 28.5 Å². The first-order valence-corrected chi connectivity index (χ1v) is 20.6. The third-order valence-corrected chi connectivity index (χ3v) is 16.4. The zero-order chi connectivity index (χ0) is 35.5. The molecule has 0 spiro atoms. The topological polar surface area (TPSA) is 159 Å². The number of ether oxygens (including phenoxy) is 2. The number of hydrogen-bond acceptors (Lipinski definition) is 13. The molecule has 12 unspecified atom stereocenters. The molecule has 3 saturated heterocycles. The van der Waals surface area contributed by atoms with Crippen LogP contribution in [0.2, 0.25) is 0 Å². The minimum absolute atomic E-state index is 0.0148. The number of thioether (sulfide) groups is 1. The highest BCUT2D eigenvalue weighted by molar-refractivity contribution is 8.00. The van der Waals surface area contributed by atoms with Gasteiger partial charge in [-0.25, -0.2) is 22.6 Å². The van der Waals surface area contributed by atoms with Gasteiger partial charge in [-0.15, -0.1) is 11.8 Å². The first-order valence-electron chi connectivity index (χ1n) is 18.1. The SMILES string of the molecule is COCCC1CCN(C2NC(SC3CCC(S(=O)(=O)C(C)(C)C4CCCC([N+](=O)[O-])C4F)CC3F)NC(NC3CC(C)NN3)C2OC)CC1. The number of likely N-dealkylation sites (tertiary alicyclic amines) is 1. The highest BCUT2D eigenvalue weighted by Gasteiger charge is 2.55. The van der Waals surface area contributed by atoms with Crippen molar-refractivity contribution >= 4 is 21.6 Å². The maximum atomic E-state index is 16.1. The highest BCUT2D eigenvalue weighted by atomic mass is 32.2. The quantitative estimate of drug-likeness (QED) is 0.139. The van der Waals surface area contributed by atoms with E-state index in [9.17, 15) is 18.5 Å². The van der Waals surface area contributed by atoms with Crippen LogP contribution < -0.4 is 26.8 Å². The molecule has 0 aromatic heterocycles. The van der Waals surface area contributed by atoms with Gasteiger partial charge in [-0.1, -0.05) is 0 Å². The van der Waals surface area contributed by atoms with E-state index in [0.29, 0.717) is 24.8 Å². The molecule has 2 saturated carbocycles. The number of hydrazine groups is 1. The van der Waals surface area contributed by atoms with Crippen molar-refractivity contribution in [2.24, 2.45) is 11.8 Å². The molecule has 2 aliphatic carbocycles. The number of halogens is 2. The molecule has 17 heteroatoms. The summed E-state index contributed by atoms with van der Waals surface area (Å²) in [6.07, 6.45) is 1.40. The number of alkyl halides is 2. The Morgan fingerprint density at radius 2 is 1.78 bits per heavy atom. The average molecular weight is 740 g/mol. The van der Waals surface area contributed by atoms with Gasteiger partial charge in [-0.2, -0.15) is 0 Å². The Hall–Kier alpha value is -0.760. The molecule has 284 valence electrons. The Kier molecular flexibility index (Phi) is 13.6. The number of rotatable bonds is 13. The van der Waals surface area contributed by atoms with Crippen LogP contribution in [0, 0.1) is 22.0 Å².